The molecule has 0 spiro atoms. The third-order valence-corrected chi connectivity index (χ3v) is 2.95. The molecule has 0 aromatic heterocycles. The van der Waals surface area contributed by atoms with E-state index in [1.54, 1.807) is 7.11 Å². The van der Waals surface area contributed by atoms with Crippen molar-refractivity contribution in [1.82, 2.24) is 0 Å². The van der Waals surface area contributed by atoms with Crippen molar-refractivity contribution in [2.45, 2.75) is 31.8 Å². The minimum absolute atomic E-state index is 0.222. The number of hydrogen-bond donors (Lipinski definition) is 1. The van der Waals surface area contributed by atoms with Crippen LogP contribution in [0.25, 0.3) is 0 Å². The van der Waals surface area contributed by atoms with Gasteiger partial charge in [0.25, 0.3) is 0 Å². The first kappa shape index (κ1) is 12.2. The fourth-order valence-electron chi connectivity index (χ4n) is 1.65. The van der Waals surface area contributed by atoms with E-state index in [4.69, 9.17) is 4.74 Å². The highest BCUT2D eigenvalue weighted by Crippen LogP contribution is 2.28. The monoisotopic (exact) mass is 208 g/mol. The molecule has 2 nitrogen and oxygen atoms in total. The summed E-state index contributed by atoms with van der Waals surface area (Å²) in [5.74, 6) is 0. The van der Waals surface area contributed by atoms with E-state index in [9.17, 15) is 5.11 Å². The molecule has 1 rings (SSSR count). The normalized spacial score (nSPS) is 13.9. The lowest BCUT2D eigenvalue weighted by Crippen LogP contribution is -2.34. The van der Waals surface area contributed by atoms with E-state index in [2.05, 4.69) is 26.0 Å². The second-order valence-corrected chi connectivity index (χ2v) is 4.38. The number of benzene rings is 1. The molecule has 0 saturated heterocycles. The summed E-state index contributed by atoms with van der Waals surface area (Å²) in [6.07, 6.45) is 0.290. The Morgan fingerprint density at radius 2 is 1.87 bits per heavy atom. The quantitative estimate of drug-likeness (QED) is 0.805. The third kappa shape index (κ3) is 3.05. The lowest BCUT2D eigenvalue weighted by molar-refractivity contribution is 0.0605. The number of aliphatic hydroxyl groups is 1. The Balaban J connectivity index is 2.73. The molecule has 0 fully saturated rings. The molecule has 0 aliphatic heterocycles. The Morgan fingerprint density at radius 3 is 2.40 bits per heavy atom. The van der Waals surface area contributed by atoms with E-state index >= 15 is 0 Å². The zero-order valence-electron chi connectivity index (χ0n) is 9.73. The summed E-state index contributed by atoms with van der Waals surface area (Å²) in [5.41, 5.74) is 0.938. The van der Waals surface area contributed by atoms with Gasteiger partial charge in [0.05, 0.1) is 6.10 Å². The fraction of sp³-hybridized carbons (Fsp3) is 0.538. The van der Waals surface area contributed by atoms with Crippen molar-refractivity contribution in [3.63, 3.8) is 0 Å². The van der Waals surface area contributed by atoms with Crippen molar-refractivity contribution in [2.75, 3.05) is 13.7 Å². The fourth-order valence-corrected chi connectivity index (χ4v) is 1.65. The van der Waals surface area contributed by atoms with Gasteiger partial charge in [-0.15, -0.1) is 0 Å². The summed E-state index contributed by atoms with van der Waals surface area (Å²) in [4.78, 5) is 0. The maximum atomic E-state index is 10.1. The van der Waals surface area contributed by atoms with Gasteiger partial charge in [-0.05, 0) is 12.0 Å². The van der Waals surface area contributed by atoms with Crippen molar-refractivity contribution >= 4 is 0 Å². The minimum atomic E-state index is -0.375. The number of methoxy groups -OCH3 is 1. The average Bonchev–Trinajstić information content (AvgIpc) is 2.27. The van der Waals surface area contributed by atoms with E-state index in [1.807, 2.05) is 18.2 Å². The predicted molar refractivity (Wildman–Crippen MR) is 62.0 cm³/mol. The van der Waals surface area contributed by atoms with Gasteiger partial charge in [-0.25, -0.2) is 0 Å². The molecule has 0 bridgehead atoms. The van der Waals surface area contributed by atoms with Crippen molar-refractivity contribution in [2.24, 2.45) is 0 Å². The number of ether oxygens (including phenoxy) is 1. The topological polar surface area (TPSA) is 29.5 Å². The molecular formula is C13H20O2. The Kier molecular flexibility index (Phi) is 4.30. The zero-order chi connectivity index (χ0) is 11.3. The van der Waals surface area contributed by atoms with Gasteiger partial charge in [0, 0.05) is 19.1 Å². The Bertz CT molecular complexity index is 280. The smallest absolute Gasteiger partial charge is 0.0653 e. The highest BCUT2D eigenvalue weighted by molar-refractivity contribution is 5.24. The Labute approximate surface area is 91.9 Å². The molecule has 1 aromatic rings. The van der Waals surface area contributed by atoms with Gasteiger partial charge in [-0.3, -0.25) is 0 Å². The van der Waals surface area contributed by atoms with Crippen LogP contribution in [-0.4, -0.2) is 24.9 Å². The van der Waals surface area contributed by atoms with Crippen molar-refractivity contribution in [1.29, 1.82) is 0 Å². The first-order valence-electron chi connectivity index (χ1n) is 5.31. The van der Waals surface area contributed by atoms with Crippen LogP contribution < -0.4 is 0 Å². The van der Waals surface area contributed by atoms with E-state index in [1.165, 1.54) is 0 Å². The Hall–Kier alpha value is -0.860. The second kappa shape index (κ2) is 5.29. The molecule has 84 valence electrons. The molecule has 1 N–H and O–H groups in total. The van der Waals surface area contributed by atoms with Crippen molar-refractivity contribution in [3.8, 4) is 0 Å². The molecule has 1 atom stereocenters. The van der Waals surface area contributed by atoms with Gasteiger partial charge in [0.15, 0.2) is 0 Å². The molecule has 0 radical (unpaired) electrons. The lowest BCUT2D eigenvalue weighted by Gasteiger charge is -2.31. The third-order valence-electron chi connectivity index (χ3n) is 2.95. The van der Waals surface area contributed by atoms with E-state index in [-0.39, 0.29) is 11.5 Å². The van der Waals surface area contributed by atoms with Crippen LogP contribution in [0.4, 0.5) is 0 Å². The van der Waals surface area contributed by atoms with Crippen LogP contribution in [0.15, 0.2) is 30.3 Å². The van der Waals surface area contributed by atoms with Crippen LogP contribution in [0.3, 0.4) is 0 Å². The molecule has 1 unspecified atom stereocenters. The number of rotatable bonds is 5. The van der Waals surface area contributed by atoms with Gasteiger partial charge >= 0.3 is 0 Å². The second-order valence-electron chi connectivity index (χ2n) is 4.38. The molecule has 0 heterocycles. The van der Waals surface area contributed by atoms with Crippen LogP contribution in [0.2, 0.25) is 0 Å². The van der Waals surface area contributed by atoms with Crippen LogP contribution in [0.1, 0.15) is 25.8 Å². The maximum Gasteiger partial charge on any atom is 0.0653 e. The van der Waals surface area contributed by atoms with Gasteiger partial charge in [-0.2, -0.15) is 0 Å². The molecule has 0 saturated carbocycles. The van der Waals surface area contributed by atoms with E-state index < -0.39 is 0 Å². The van der Waals surface area contributed by atoms with Gasteiger partial charge < -0.3 is 9.84 Å². The highest BCUT2D eigenvalue weighted by atomic mass is 16.5. The average molecular weight is 208 g/mol. The summed E-state index contributed by atoms with van der Waals surface area (Å²) in [5, 5.41) is 10.1. The first-order valence-corrected chi connectivity index (χ1v) is 5.31. The number of aliphatic hydroxyl groups excluding tert-OH is 1. The van der Waals surface area contributed by atoms with Crippen LogP contribution in [0, 0.1) is 0 Å². The van der Waals surface area contributed by atoms with Crippen LogP contribution in [0.5, 0.6) is 0 Å². The first-order chi connectivity index (χ1) is 7.09. The Morgan fingerprint density at radius 1 is 1.27 bits per heavy atom. The zero-order valence-corrected chi connectivity index (χ0v) is 9.73. The largest absolute Gasteiger partial charge is 0.392 e. The summed E-state index contributed by atoms with van der Waals surface area (Å²) in [6.45, 7) is 4.71. The molecule has 0 aliphatic carbocycles. The highest BCUT2D eigenvalue weighted by Gasteiger charge is 2.29. The van der Waals surface area contributed by atoms with E-state index in [0.29, 0.717) is 13.0 Å². The van der Waals surface area contributed by atoms with Crippen LogP contribution in [-0.2, 0) is 10.2 Å². The summed E-state index contributed by atoms with van der Waals surface area (Å²) in [6, 6.07) is 10.1. The van der Waals surface area contributed by atoms with Crippen LogP contribution >= 0.6 is 0 Å². The summed E-state index contributed by atoms with van der Waals surface area (Å²) < 4.78 is 4.98. The van der Waals surface area contributed by atoms with E-state index in [0.717, 1.165) is 5.56 Å². The SMILES string of the molecule is COCCC(O)C(C)(C)c1ccccc1. The number of hydrogen-bond acceptors (Lipinski definition) is 2. The van der Waals surface area contributed by atoms with Gasteiger partial charge in [0.2, 0.25) is 0 Å². The molecule has 2 heteroatoms. The van der Waals surface area contributed by atoms with Crippen molar-refractivity contribution in [3.05, 3.63) is 35.9 Å². The summed E-state index contributed by atoms with van der Waals surface area (Å²) >= 11 is 0. The standard InChI is InChI=1S/C13H20O2/c1-13(2,12(14)9-10-15-3)11-7-5-4-6-8-11/h4-8,12,14H,9-10H2,1-3H3. The minimum Gasteiger partial charge on any atom is -0.392 e. The van der Waals surface area contributed by atoms with Gasteiger partial charge in [-0.1, -0.05) is 44.2 Å². The predicted octanol–water partition coefficient (Wildman–Crippen LogP) is 2.36. The molecule has 1 aromatic carbocycles. The lowest BCUT2D eigenvalue weighted by atomic mass is 9.78. The molecule has 15 heavy (non-hydrogen) atoms. The molecule has 0 aliphatic rings. The van der Waals surface area contributed by atoms with Crippen molar-refractivity contribution < 1.29 is 9.84 Å². The molecular weight excluding hydrogens is 188 g/mol. The summed E-state index contributed by atoms with van der Waals surface area (Å²) in [7, 11) is 1.65. The van der Waals surface area contributed by atoms with Gasteiger partial charge in [0.1, 0.15) is 0 Å². The molecule has 0 amide bonds. The maximum absolute atomic E-state index is 10.1.